The molecule has 0 aliphatic carbocycles. The standard InChI is InChI=1S/C12H23N3O/c1-6-16-11(12(2,3)4)10(13)9-7-8-14-15(9)5/h7-8,10-11H,6,13H2,1-5H3. The van der Waals surface area contributed by atoms with Gasteiger partial charge in [-0.05, 0) is 18.4 Å². The van der Waals surface area contributed by atoms with E-state index in [1.54, 1.807) is 6.20 Å². The van der Waals surface area contributed by atoms with Crippen molar-refractivity contribution < 1.29 is 4.74 Å². The summed E-state index contributed by atoms with van der Waals surface area (Å²) in [7, 11) is 1.90. The summed E-state index contributed by atoms with van der Waals surface area (Å²) in [6.07, 6.45) is 1.76. The average molecular weight is 225 g/mol. The van der Waals surface area contributed by atoms with E-state index in [2.05, 4.69) is 25.9 Å². The van der Waals surface area contributed by atoms with Gasteiger partial charge in [0.05, 0.1) is 17.8 Å². The minimum Gasteiger partial charge on any atom is -0.376 e. The smallest absolute Gasteiger partial charge is 0.0830 e. The fraction of sp³-hybridized carbons (Fsp3) is 0.750. The topological polar surface area (TPSA) is 53.1 Å². The minimum absolute atomic E-state index is 0.00657. The lowest BCUT2D eigenvalue weighted by Crippen LogP contribution is -2.40. The summed E-state index contributed by atoms with van der Waals surface area (Å²) in [5, 5.41) is 4.14. The highest BCUT2D eigenvalue weighted by molar-refractivity contribution is 5.09. The Balaban J connectivity index is 2.92. The third-order valence-electron chi connectivity index (χ3n) is 2.73. The number of aryl methyl sites for hydroxylation is 1. The number of rotatable bonds is 4. The molecule has 1 aromatic heterocycles. The highest BCUT2D eigenvalue weighted by atomic mass is 16.5. The second kappa shape index (κ2) is 4.97. The monoisotopic (exact) mass is 225 g/mol. The second-order valence-electron chi connectivity index (χ2n) is 5.15. The van der Waals surface area contributed by atoms with Crippen LogP contribution in [0.25, 0.3) is 0 Å². The normalized spacial score (nSPS) is 16.1. The van der Waals surface area contributed by atoms with E-state index in [1.807, 2.05) is 24.7 Å². The lowest BCUT2D eigenvalue weighted by atomic mass is 9.83. The number of nitrogens with zero attached hydrogens (tertiary/aromatic N) is 2. The van der Waals surface area contributed by atoms with Crippen LogP contribution in [-0.2, 0) is 11.8 Å². The van der Waals surface area contributed by atoms with Crippen LogP contribution in [0, 0.1) is 5.41 Å². The SMILES string of the molecule is CCOC(C(N)c1ccnn1C)C(C)(C)C. The van der Waals surface area contributed by atoms with E-state index in [1.165, 1.54) is 0 Å². The van der Waals surface area contributed by atoms with Gasteiger partial charge in [-0.15, -0.1) is 0 Å². The largest absolute Gasteiger partial charge is 0.376 e. The van der Waals surface area contributed by atoms with Crippen LogP contribution in [0.15, 0.2) is 12.3 Å². The van der Waals surface area contributed by atoms with Gasteiger partial charge in [-0.1, -0.05) is 20.8 Å². The van der Waals surface area contributed by atoms with E-state index < -0.39 is 0 Å². The van der Waals surface area contributed by atoms with Crippen LogP contribution in [0.2, 0.25) is 0 Å². The van der Waals surface area contributed by atoms with Gasteiger partial charge in [0.15, 0.2) is 0 Å². The van der Waals surface area contributed by atoms with E-state index in [0.29, 0.717) is 6.61 Å². The van der Waals surface area contributed by atoms with Gasteiger partial charge in [-0.25, -0.2) is 0 Å². The Kier molecular flexibility index (Phi) is 4.10. The number of hydrogen-bond donors (Lipinski definition) is 1. The number of ether oxygens (including phenoxy) is 1. The Bertz CT molecular complexity index is 327. The fourth-order valence-corrected chi connectivity index (χ4v) is 1.94. The average Bonchev–Trinajstić information content (AvgIpc) is 2.58. The van der Waals surface area contributed by atoms with Gasteiger partial charge in [0, 0.05) is 19.9 Å². The zero-order valence-corrected chi connectivity index (χ0v) is 10.9. The molecule has 0 aliphatic heterocycles. The van der Waals surface area contributed by atoms with Crippen molar-refractivity contribution in [2.75, 3.05) is 6.61 Å². The first kappa shape index (κ1) is 13.2. The highest BCUT2D eigenvalue weighted by Gasteiger charge is 2.32. The Morgan fingerprint density at radius 2 is 2.12 bits per heavy atom. The van der Waals surface area contributed by atoms with Crippen LogP contribution in [-0.4, -0.2) is 22.5 Å². The molecular formula is C12H23N3O. The molecule has 0 amide bonds. The van der Waals surface area contributed by atoms with E-state index in [0.717, 1.165) is 5.69 Å². The summed E-state index contributed by atoms with van der Waals surface area (Å²) in [4.78, 5) is 0. The molecule has 1 aromatic rings. The zero-order valence-electron chi connectivity index (χ0n) is 10.9. The van der Waals surface area contributed by atoms with Crippen LogP contribution in [0.5, 0.6) is 0 Å². The molecule has 0 aromatic carbocycles. The molecule has 0 bridgehead atoms. The van der Waals surface area contributed by atoms with Crippen LogP contribution >= 0.6 is 0 Å². The Hall–Kier alpha value is -0.870. The molecule has 2 unspecified atom stereocenters. The van der Waals surface area contributed by atoms with Crippen molar-refractivity contribution in [3.8, 4) is 0 Å². The molecule has 2 atom stereocenters. The quantitative estimate of drug-likeness (QED) is 0.851. The lowest BCUT2D eigenvalue weighted by molar-refractivity contribution is -0.0297. The molecule has 4 heteroatoms. The van der Waals surface area contributed by atoms with Crippen molar-refractivity contribution in [3.63, 3.8) is 0 Å². The Morgan fingerprint density at radius 1 is 1.50 bits per heavy atom. The molecule has 1 heterocycles. The summed E-state index contributed by atoms with van der Waals surface area (Å²) < 4.78 is 7.59. The fourth-order valence-electron chi connectivity index (χ4n) is 1.94. The summed E-state index contributed by atoms with van der Waals surface area (Å²) in [6, 6.07) is 1.80. The van der Waals surface area contributed by atoms with E-state index in [-0.39, 0.29) is 17.6 Å². The Labute approximate surface area is 97.8 Å². The van der Waals surface area contributed by atoms with Crippen molar-refractivity contribution >= 4 is 0 Å². The summed E-state index contributed by atoms with van der Waals surface area (Å²) >= 11 is 0. The van der Waals surface area contributed by atoms with Crippen molar-refractivity contribution in [2.24, 2.45) is 18.2 Å². The maximum Gasteiger partial charge on any atom is 0.0830 e. The van der Waals surface area contributed by atoms with Gasteiger partial charge in [-0.2, -0.15) is 5.10 Å². The lowest BCUT2D eigenvalue weighted by Gasteiger charge is -2.34. The maximum absolute atomic E-state index is 6.27. The second-order valence-corrected chi connectivity index (χ2v) is 5.15. The van der Waals surface area contributed by atoms with Crippen LogP contribution in [0.4, 0.5) is 0 Å². The number of aromatic nitrogens is 2. The zero-order chi connectivity index (χ0) is 12.3. The van der Waals surface area contributed by atoms with Gasteiger partial charge in [0.25, 0.3) is 0 Å². The maximum atomic E-state index is 6.27. The number of nitrogens with two attached hydrogens (primary N) is 1. The molecular weight excluding hydrogens is 202 g/mol. The first-order valence-electron chi connectivity index (χ1n) is 5.73. The van der Waals surface area contributed by atoms with E-state index in [4.69, 9.17) is 10.5 Å². The number of hydrogen-bond acceptors (Lipinski definition) is 3. The molecule has 0 fully saturated rings. The summed E-state index contributed by atoms with van der Waals surface area (Å²) in [6.45, 7) is 9.10. The van der Waals surface area contributed by atoms with Crippen LogP contribution in [0.1, 0.15) is 39.4 Å². The molecule has 0 spiro atoms. The predicted octanol–water partition coefficient (Wildman–Crippen LogP) is 1.87. The van der Waals surface area contributed by atoms with Gasteiger partial charge < -0.3 is 10.5 Å². The third-order valence-corrected chi connectivity index (χ3v) is 2.73. The molecule has 92 valence electrons. The Morgan fingerprint density at radius 3 is 2.50 bits per heavy atom. The van der Waals surface area contributed by atoms with Crippen LogP contribution in [0.3, 0.4) is 0 Å². The first-order chi connectivity index (χ1) is 7.38. The first-order valence-corrected chi connectivity index (χ1v) is 5.73. The molecule has 0 aliphatic rings. The van der Waals surface area contributed by atoms with Gasteiger partial charge in [-0.3, -0.25) is 4.68 Å². The van der Waals surface area contributed by atoms with Gasteiger partial charge in [0.2, 0.25) is 0 Å². The highest BCUT2D eigenvalue weighted by Crippen LogP contribution is 2.30. The minimum atomic E-state index is -0.146. The molecule has 16 heavy (non-hydrogen) atoms. The molecule has 1 rings (SSSR count). The van der Waals surface area contributed by atoms with E-state index >= 15 is 0 Å². The van der Waals surface area contributed by atoms with Gasteiger partial charge in [0.1, 0.15) is 0 Å². The molecule has 2 N–H and O–H groups in total. The summed E-state index contributed by atoms with van der Waals surface area (Å²) in [5.74, 6) is 0. The van der Waals surface area contributed by atoms with Crippen LogP contribution < -0.4 is 5.73 Å². The van der Waals surface area contributed by atoms with E-state index in [9.17, 15) is 0 Å². The predicted molar refractivity (Wildman–Crippen MR) is 65.0 cm³/mol. The molecule has 4 nitrogen and oxygen atoms in total. The molecule has 0 radical (unpaired) electrons. The van der Waals surface area contributed by atoms with Crippen molar-refractivity contribution in [2.45, 2.75) is 39.8 Å². The van der Waals surface area contributed by atoms with Crippen molar-refractivity contribution in [1.29, 1.82) is 0 Å². The molecule has 0 saturated carbocycles. The summed E-state index contributed by atoms with van der Waals surface area (Å²) in [5.41, 5.74) is 7.29. The van der Waals surface area contributed by atoms with Gasteiger partial charge >= 0.3 is 0 Å². The third kappa shape index (κ3) is 2.83. The van der Waals surface area contributed by atoms with Crippen molar-refractivity contribution in [3.05, 3.63) is 18.0 Å². The molecule has 0 saturated heterocycles. The van der Waals surface area contributed by atoms with Crippen molar-refractivity contribution in [1.82, 2.24) is 9.78 Å².